The van der Waals surface area contributed by atoms with E-state index in [1.54, 1.807) is 18.0 Å². The number of carbonyl (C=O) groups excluding carboxylic acids is 1. The normalized spacial score (nSPS) is 11.9. The van der Waals surface area contributed by atoms with Gasteiger partial charge in [0.1, 0.15) is 10.6 Å². The number of imidazole rings is 1. The molecule has 1 amide bonds. The Morgan fingerprint density at radius 3 is 2.89 bits per heavy atom. The fourth-order valence-electron chi connectivity index (χ4n) is 3.07. The quantitative estimate of drug-likeness (QED) is 0.477. The SMILES string of the molecule is CCC(CC)(Nc1nc2ccc(Sc3cnc4ncccn34)cc2s1)C(N)=O. The maximum atomic E-state index is 12.0. The van der Waals surface area contributed by atoms with Gasteiger partial charge in [-0.25, -0.2) is 15.0 Å². The highest BCUT2D eigenvalue weighted by molar-refractivity contribution is 7.99. The molecule has 1 aromatic carbocycles. The molecule has 0 aliphatic carbocycles. The molecule has 0 saturated carbocycles. The van der Waals surface area contributed by atoms with Gasteiger partial charge in [-0.05, 0) is 37.1 Å². The van der Waals surface area contributed by atoms with E-state index < -0.39 is 5.54 Å². The first-order valence-corrected chi connectivity index (χ1v) is 10.6. The first kappa shape index (κ1) is 18.7. The Labute approximate surface area is 170 Å². The lowest BCUT2D eigenvalue weighted by Crippen LogP contribution is -2.49. The standard InChI is InChI=1S/C19H20N6OS2/c1-3-19(4-2,16(20)26)24-18-23-13-7-6-12(10-14(13)28-18)27-15-11-22-17-21-8-5-9-25(15)17/h5-11H,3-4H2,1-2H3,(H2,20,26)(H,23,24). The van der Waals surface area contributed by atoms with Gasteiger partial charge in [0.2, 0.25) is 11.7 Å². The molecule has 0 bridgehead atoms. The molecular formula is C19H20N6OS2. The van der Waals surface area contributed by atoms with Gasteiger partial charge in [-0.1, -0.05) is 36.9 Å². The molecule has 0 spiro atoms. The number of rotatable bonds is 7. The van der Waals surface area contributed by atoms with Crippen molar-refractivity contribution in [2.75, 3.05) is 5.32 Å². The highest BCUT2D eigenvalue weighted by Crippen LogP contribution is 2.35. The van der Waals surface area contributed by atoms with E-state index in [-0.39, 0.29) is 5.91 Å². The molecule has 0 unspecified atom stereocenters. The van der Waals surface area contributed by atoms with E-state index in [2.05, 4.69) is 26.3 Å². The van der Waals surface area contributed by atoms with Crippen molar-refractivity contribution >= 4 is 50.1 Å². The second-order valence-electron chi connectivity index (χ2n) is 6.42. The van der Waals surface area contributed by atoms with Crippen LogP contribution in [0.4, 0.5) is 5.13 Å². The average Bonchev–Trinajstić information content (AvgIpc) is 3.29. The van der Waals surface area contributed by atoms with Crippen LogP contribution in [0.1, 0.15) is 26.7 Å². The van der Waals surface area contributed by atoms with Crippen molar-refractivity contribution < 1.29 is 4.79 Å². The van der Waals surface area contributed by atoms with Gasteiger partial charge in [-0.2, -0.15) is 0 Å². The molecule has 4 rings (SSSR count). The van der Waals surface area contributed by atoms with Crippen LogP contribution < -0.4 is 11.1 Å². The Balaban J connectivity index is 1.62. The Kier molecular flexibility index (Phi) is 4.94. The zero-order chi connectivity index (χ0) is 19.7. The molecule has 0 radical (unpaired) electrons. The van der Waals surface area contributed by atoms with Crippen LogP contribution in [0.3, 0.4) is 0 Å². The number of nitrogens with two attached hydrogens (primary N) is 1. The van der Waals surface area contributed by atoms with Gasteiger partial charge in [0.25, 0.3) is 0 Å². The average molecular weight is 413 g/mol. The number of thiazole rings is 1. The minimum Gasteiger partial charge on any atom is -0.368 e. The predicted octanol–water partition coefficient (Wildman–Crippen LogP) is 3.95. The van der Waals surface area contributed by atoms with Crippen LogP contribution in [-0.4, -0.2) is 30.8 Å². The van der Waals surface area contributed by atoms with Crippen LogP contribution in [0, 0.1) is 0 Å². The Hall–Kier alpha value is -2.65. The molecular weight excluding hydrogens is 392 g/mol. The predicted molar refractivity (Wildman–Crippen MR) is 113 cm³/mol. The summed E-state index contributed by atoms with van der Waals surface area (Å²) >= 11 is 3.14. The van der Waals surface area contributed by atoms with Crippen molar-refractivity contribution in [1.82, 2.24) is 19.4 Å². The van der Waals surface area contributed by atoms with E-state index in [4.69, 9.17) is 5.73 Å². The number of nitrogens with one attached hydrogen (secondary N) is 1. The molecule has 0 atom stereocenters. The molecule has 3 heterocycles. The molecule has 0 saturated heterocycles. The summed E-state index contributed by atoms with van der Waals surface area (Å²) in [6.45, 7) is 3.90. The van der Waals surface area contributed by atoms with Crippen LogP contribution in [0.15, 0.2) is 52.8 Å². The van der Waals surface area contributed by atoms with Gasteiger partial charge in [-0.3, -0.25) is 9.20 Å². The summed E-state index contributed by atoms with van der Waals surface area (Å²) in [5, 5.41) is 4.98. The minimum atomic E-state index is -0.769. The molecule has 0 aliphatic rings. The number of benzene rings is 1. The third-order valence-electron chi connectivity index (χ3n) is 4.86. The molecule has 144 valence electrons. The van der Waals surface area contributed by atoms with Crippen molar-refractivity contribution in [3.8, 4) is 0 Å². The number of aromatic nitrogens is 4. The van der Waals surface area contributed by atoms with Crippen molar-refractivity contribution in [2.45, 2.75) is 42.1 Å². The van der Waals surface area contributed by atoms with Crippen LogP contribution >= 0.6 is 23.1 Å². The third kappa shape index (κ3) is 3.31. The van der Waals surface area contributed by atoms with Crippen molar-refractivity contribution in [3.63, 3.8) is 0 Å². The lowest BCUT2D eigenvalue weighted by atomic mass is 9.92. The van der Waals surface area contributed by atoms with Crippen LogP contribution in [0.5, 0.6) is 0 Å². The van der Waals surface area contributed by atoms with Gasteiger partial charge in [0.15, 0.2) is 5.13 Å². The zero-order valence-corrected chi connectivity index (χ0v) is 17.2. The highest BCUT2D eigenvalue weighted by Gasteiger charge is 2.33. The van der Waals surface area contributed by atoms with Crippen molar-refractivity contribution in [1.29, 1.82) is 0 Å². The van der Waals surface area contributed by atoms with Crippen LogP contribution in [0.25, 0.3) is 16.0 Å². The number of hydrogen-bond donors (Lipinski definition) is 2. The number of amides is 1. The van der Waals surface area contributed by atoms with Gasteiger partial charge < -0.3 is 11.1 Å². The maximum Gasteiger partial charge on any atom is 0.243 e. The third-order valence-corrected chi connectivity index (χ3v) is 6.80. The van der Waals surface area contributed by atoms with Gasteiger partial charge in [0.05, 0.1) is 16.4 Å². The lowest BCUT2D eigenvalue weighted by molar-refractivity contribution is -0.122. The molecule has 28 heavy (non-hydrogen) atoms. The van der Waals surface area contributed by atoms with Crippen molar-refractivity contribution in [3.05, 3.63) is 42.9 Å². The molecule has 7 nitrogen and oxygen atoms in total. The van der Waals surface area contributed by atoms with E-state index >= 15 is 0 Å². The zero-order valence-electron chi connectivity index (χ0n) is 15.5. The molecule has 4 aromatic rings. The number of primary amides is 1. The monoisotopic (exact) mass is 412 g/mol. The van der Waals surface area contributed by atoms with E-state index in [9.17, 15) is 4.79 Å². The molecule has 0 fully saturated rings. The summed E-state index contributed by atoms with van der Waals surface area (Å²) in [6, 6.07) is 8.01. The van der Waals surface area contributed by atoms with E-state index in [1.807, 2.05) is 48.8 Å². The van der Waals surface area contributed by atoms with Gasteiger partial charge in [-0.15, -0.1) is 0 Å². The largest absolute Gasteiger partial charge is 0.368 e. The van der Waals surface area contributed by atoms with E-state index in [0.717, 1.165) is 20.1 Å². The van der Waals surface area contributed by atoms with E-state index in [0.29, 0.717) is 23.8 Å². The summed E-state index contributed by atoms with van der Waals surface area (Å²) in [4.78, 5) is 26.2. The van der Waals surface area contributed by atoms with Gasteiger partial charge >= 0.3 is 0 Å². The summed E-state index contributed by atoms with van der Waals surface area (Å²) < 4.78 is 3.00. The topological polar surface area (TPSA) is 98.2 Å². The number of hydrogen-bond acceptors (Lipinski definition) is 7. The maximum absolute atomic E-state index is 12.0. The number of nitrogens with zero attached hydrogens (tertiary/aromatic N) is 4. The van der Waals surface area contributed by atoms with E-state index in [1.165, 1.54) is 11.3 Å². The molecule has 9 heteroatoms. The summed E-state index contributed by atoms with van der Waals surface area (Å²) in [5.74, 6) is 0.325. The summed E-state index contributed by atoms with van der Waals surface area (Å²) in [6.07, 6.45) is 6.72. The summed E-state index contributed by atoms with van der Waals surface area (Å²) in [7, 11) is 0. The first-order valence-electron chi connectivity index (χ1n) is 8.99. The second kappa shape index (κ2) is 7.40. The van der Waals surface area contributed by atoms with Crippen molar-refractivity contribution in [2.24, 2.45) is 5.73 Å². The lowest BCUT2D eigenvalue weighted by Gasteiger charge is -2.28. The fraction of sp³-hybridized carbons (Fsp3) is 0.263. The Morgan fingerprint density at radius 2 is 2.14 bits per heavy atom. The number of carbonyl (C=O) groups is 1. The minimum absolute atomic E-state index is 0.353. The summed E-state index contributed by atoms with van der Waals surface area (Å²) in [5.41, 5.74) is 5.76. The number of fused-ring (bicyclic) bond motifs is 2. The van der Waals surface area contributed by atoms with Crippen LogP contribution in [-0.2, 0) is 4.79 Å². The Morgan fingerprint density at radius 1 is 1.32 bits per heavy atom. The Bertz CT molecular complexity index is 1150. The number of anilines is 1. The highest BCUT2D eigenvalue weighted by atomic mass is 32.2. The molecule has 3 aromatic heterocycles. The molecule has 3 N–H and O–H groups in total. The smallest absolute Gasteiger partial charge is 0.243 e. The molecule has 0 aliphatic heterocycles. The first-order chi connectivity index (χ1) is 13.5. The van der Waals surface area contributed by atoms with Crippen LogP contribution in [0.2, 0.25) is 0 Å². The second-order valence-corrected chi connectivity index (χ2v) is 8.54. The fourth-order valence-corrected chi connectivity index (χ4v) is 5.04. The van der Waals surface area contributed by atoms with Gasteiger partial charge in [0, 0.05) is 17.3 Å².